The molecule has 1 unspecified atom stereocenters. The molecule has 0 spiro atoms. The average Bonchev–Trinajstić information content (AvgIpc) is 2.81. The zero-order valence-electron chi connectivity index (χ0n) is 11.7. The molecule has 1 aliphatic carbocycles. The zero-order chi connectivity index (χ0) is 14.3. The molecule has 5 heteroatoms. The predicted molar refractivity (Wildman–Crippen MR) is 84.1 cm³/mol. The molecular weight excluding hydrogens is 264 g/mol. The lowest BCUT2D eigenvalue weighted by Gasteiger charge is -2.12. The SMILES string of the molecule is C.Cc1c(O)c(C2=CC=CC(C)C=C2)n2nnnc2c1C. The Morgan fingerprint density at radius 1 is 1.19 bits per heavy atom. The van der Waals surface area contributed by atoms with E-state index in [1.165, 1.54) is 0 Å². The van der Waals surface area contributed by atoms with Crippen LogP contribution in [-0.2, 0) is 0 Å². The number of rotatable bonds is 1. The molecule has 0 aromatic carbocycles. The molecule has 2 aromatic rings. The monoisotopic (exact) mass is 284 g/mol. The largest absolute Gasteiger partial charge is 0.505 e. The highest BCUT2D eigenvalue weighted by Crippen LogP contribution is 2.33. The molecule has 5 nitrogen and oxygen atoms in total. The van der Waals surface area contributed by atoms with Crippen LogP contribution in [0.1, 0.15) is 31.2 Å². The van der Waals surface area contributed by atoms with Gasteiger partial charge in [0.25, 0.3) is 0 Å². The predicted octanol–water partition coefficient (Wildman–Crippen LogP) is 3.23. The number of aromatic nitrogens is 4. The van der Waals surface area contributed by atoms with E-state index in [1.54, 1.807) is 4.52 Å². The second-order valence-electron chi connectivity index (χ2n) is 5.09. The molecule has 0 radical (unpaired) electrons. The van der Waals surface area contributed by atoms with E-state index < -0.39 is 0 Å². The Balaban J connectivity index is 0.00000161. The standard InChI is InChI=1S/C15H16N4O.CH4/c1-9-5-4-6-12(8-7-9)13-14(20)10(2)11(3)15-16-17-18-19(13)15;/h4-9,20H,1-3H3;1H4. The molecule has 1 aliphatic rings. The summed E-state index contributed by atoms with van der Waals surface area (Å²) in [5, 5.41) is 22.2. The number of pyridine rings is 1. The van der Waals surface area contributed by atoms with Crippen molar-refractivity contribution in [3.8, 4) is 5.75 Å². The maximum Gasteiger partial charge on any atom is 0.183 e. The summed E-state index contributed by atoms with van der Waals surface area (Å²) in [6.45, 7) is 5.89. The summed E-state index contributed by atoms with van der Waals surface area (Å²) in [5.41, 5.74) is 3.88. The molecule has 21 heavy (non-hydrogen) atoms. The lowest BCUT2D eigenvalue weighted by atomic mass is 10.0. The Hall–Kier alpha value is -2.43. The van der Waals surface area contributed by atoms with E-state index in [-0.39, 0.29) is 13.2 Å². The van der Waals surface area contributed by atoms with Crippen LogP contribution in [0.5, 0.6) is 5.75 Å². The van der Waals surface area contributed by atoms with Gasteiger partial charge in [-0.1, -0.05) is 44.7 Å². The summed E-state index contributed by atoms with van der Waals surface area (Å²) < 4.78 is 1.59. The van der Waals surface area contributed by atoms with Crippen molar-refractivity contribution >= 4 is 11.2 Å². The van der Waals surface area contributed by atoms with Crippen LogP contribution in [0, 0.1) is 19.8 Å². The summed E-state index contributed by atoms with van der Waals surface area (Å²) in [6.07, 6.45) is 10.1. The molecular formula is C16H20N4O. The van der Waals surface area contributed by atoms with Crippen molar-refractivity contribution < 1.29 is 5.11 Å². The Morgan fingerprint density at radius 2 is 1.95 bits per heavy atom. The van der Waals surface area contributed by atoms with Crippen molar-refractivity contribution in [1.29, 1.82) is 0 Å². The molecule has 3 rings (SSSR count). The smallest absolute Gasteiger partial charge is 0.183 e. The van der Waals surface area contributed by atoms with Crippen molar-refractivity contribution in [2.75, 3.05) is 0 Å². The molecule has 0 bridgehead atoms. The van der Waals surface area contributed by atoms with Gasteiger partial charge in [0.15, 0.2) is 5.65 Å². The molecule has 1 N–H and O–H groups in total. The number of nitrogens with zero attached hydrogens (tertiary/aromatic N) is 4. The van der Waals surface area contributed by atoms with E-state index in [2.05, 4.69) is 34.6 Å². The first-order chi connectivity index (χ1) is 9.59. The third-order valence-corrected chi connectivity index (χ3v) is 3.70. The van der Waals surface area contributed by atoms with E-state index in [1.807, 2.05) is 32.1 Å². The van der Waals surface area contributed by atoms with Crippen LogP contribution in [0.15, 0.2) is 30.4 Å². The van der Waals surface area contributed by atoms with Gasteiger partial charge in [0.1, 0.15) is 11.4 Å². The van der Waals surface area contributed by atoms with E-state index in [9.17, 15) is 5.11 Å². The Bertz CT molecular complexity index is 768. The molecule has 0 amide bonds. The maximum absolute atomic E-state index is 10.5. The van der Waals surface area contributed by atoms with E-state index in [0.29, 0.717) is 17.3 Å². The fourth-order valence-electron chi connectivity index (χ4n) is 2.32. The highest BCUT2D eigenvalue weighted by molar-refractivity contribution is 5.80. The van der Waals surface area contributed by atoms with Gasteiger partial charge in [-0.3, -0.25) is 0 Å². The molecule has 0 aliphatic heterocycles. The fourth-order valence-corrected chi connectivity index (χ4v) is 2.32. The molecule has 0 saturated carbocycles. The van der Waals surface area contributed by atoms with Crippen molar-refractivity contribution in [2.45, 2.75) is 28.2 Å². The van der Waals surface area contributed by atoms with Crippen LogP contribution in [0.25, 0.3) is 11.2 Å². The Morgan fingerprint density at radius 3 is 2.71 bits per heavy atom. The molecule has 1 atom stereocenters. The van der Waals surface area contributed by atoms with E-state index in [0.717, 1.165) is 16.7 Å². The van der Waals surface area contributed by atoms with Crippen molar-refractivity contribution in [1.82, 2.24) is 20.0 Å². The minimum atomic E-state index is 0. The van der Waals surface area contributed by atoms with Gasteiger partial charge >= 0.3 is 0 Å². The zero-order valence-corrected chi connectivity index (χ0v) is 11.7. The van der Waals surface area contributed by atoms with Gasteiger partial charge in [-0.15, -0.1) is 5.10 Å². The second kappa shape index (κ2) is 5.52. The van der Waals surface area contributed by atoms with Gasteiger partial charge in [-0.25, -0.2) is 0 Å². The summed E-state index contributed by atoms with van der Waals surface area (Å²) >= 11 is 0. The molecule has 110 valence electrons. The van der Waals surface area contributed by atoms with Gasteiger partial charge in [-0.05, 0) is 35.8 Å². The van der Waals surface area contributed by atoms with E-state index >= 15 is 0 Å². The average molecular weight is 284 g/mol. The van der Waals surface area contributed by atoms with Crippen molar-refractivity contribution in [2.24, 2.45) is 5.92 Å². The normalized spacial score (nSPS) is 17.5. The van der Waals surface area contributed by atoms with Crippen molar-refractivity contribution in [3.63, 3.8) is 0 Å². The van der Waals surface area contributed by atoms with Crippen molar-refractivity contribution in [3.05, 3.63) is 47.2 Å². The topological polar surface area (TPSA) is 63.3 Å². The first-order valence-corrected chi connectivity index (χ1v) is 6.57. The number of hydrogen-bond donors (Lipinski definition) is 1. The highest BCUT2D eigenvalue weighted by Gasteiger charge is 2.18. The van der Waals surface area contributed by atoms with Crippen LogP contribution < -0.4 is 0 Å². The number of allylic oxidation sites excluding steroid dienone is 6. The number of aromatic hydroxyl groups is 1. The number of hydrogen-bond acceptors (Lipinski definition) is 4. The summed E-state index contributed by atoms with van der Waals surface area (Å²) in [6, 6.07) is 0. The lowest BCUT2D eigenvalue weighted by Crippen LogP contribution is -2.02. The van der Waals surface area contributed by atoms with Gasteiger partial charge < -0.3 is 5.11 Å². The lowest BCUT2D eigenvalue weighted by molar-refractivity contribution is 0.463. The van der Waals surface area contributed by atoms with Crippen LogP contribution in [-0.4, -0.2) is 25.1 Å². The van der Waals surface area contributed by atoms with Crippen LogP contribution in [0.4, 0.5) is 0 Å². The van der Waals surface area contributed by atoms with Crippen LogP contribution in [0.2, 0.25) is 0 Å². The second-order valence-corrected chi connectivity index (χ2v) is 5.09. The molecule has 2 aromatic heterocycles. The van der Waals surface area contributed by atoms with Crippen LogP contribution in [0.3, 0.4) is 0 Å². The Labute approximate surface area is 124 Å². The third-order valence-electron chi connectivity index (χ3n) is 3.70. The maximum atomic E-state index is 10.5. The minimum Gasteiger partial charge on any atom is -0.505 e. The van der Waals surface area contributed by atoms with Gasteiger partial charge in [0.05, 0.1) is 0 Å². The molecule has 0 saturated heterocycles. The van der Waals surface area contributed by atoms with Gasteiger partial charge in [0, 0.05) is 11.1 Å². The van der Waals surface area contributed by atoms with Crippen LogP contribution >= 0.6 is 0 Å². The first kappa shape index (κ1) is 15.0. The number of fused-ring (bicyclic) bond motifs is 1. The number of aryl methyl sites for hydroxylation is 1. The minimum absolute atomic E-state index is 0. The quantitative estimate of drug-likeness (QED) is 0.873. The Kier molecular flexibility index (Phi) is 3.93. The summed E-state index contributed by atoms with van der Waals surface area (Å²) in [4.78, 5) is 0. The summed E-state index contributed by atoms with van der Waals surface area (Å²) in [7, 11) is 0. The number of tetrazole rings is 1. The molecule has 2 heterocycles. The first-order valence-electron chi connectivity index (χ1n) is 6.57. The van der Waals surface area contributed by atoms with Gasteiger partial charge in [0.2, 0.25) is 0 Å². The fraction of sp³-hybridized carbons (Fsp3) is 0.312. The highest BCUT2D eigenvalue weighted by atomic mass is 16.3. The summed E-state index contributed by atoms with van der Waals surface area (Å²) in [5.74, 6) is 0.586. The van der Waals surface area contributed by atoms with Gasteiger partial charge in [-0.2, -0.15) is 4.52 Å². The van der Waals surface area contributed by atoms with E-state index in [4.69, 9.17) is 0 Å². The third kappa shape index (κ3) is 2.35. The molecule has 0 fully saturated rings.